The monoisotopic (exact) mass is 603 g/mol. The third-order valence-electron chi connectivity index (χ3n) is 7.25. The molecule has 2 aromatic heterocycles. The number of hydrogen-bond acceptors (Lipinski definition) is 8. The van der Waals surface area contributed by atoms with Crippen LogP contribution in [0.5, 0.6) is 0 Å². The Morgan fingerprint density at radius 1 is 1.18 bits per heavy atom. The number of aliphatic hydroxyl groups excluding tert-OH is 1. The molecule has 2 aromatic carbocycles. The highest BCUT2D eigenvalue weighted by Crippen LogP contribution is 2.37. The summed E-state index contributed by atoms with van der Waals surface area (Å²) in [6, 6.07) is 11.7. The minimum Gasteiger partial charge on any atom is -0.382 e. The number of aromatic nitrogens is 1. The van der Waals surface area contributed by atoms with Crippen molar-refractivity contribution in [2.75, 3.05) is 24.2 Å². The van der Waals surface area contributed by atoms with Gasteiger partial charge >= 0.3 is 0 Å². The summed E-state index contributed by atoms with van der Waals surface area (Å²) in [6.45, 7) is 0.656. The molecule has 0 amide bonds. The Hall–Kier alpha value is -2.50. The first-order valence-electron chi connectivity index (χ1n) is 12.7. The molecule has 0 radical (unpaired) electrons. The number of piperidine rings is 1. The van der Waals surface area contributed by atoms with Crippen LogP contribution < -0.4 is 9.70 Å². The normalized spacial score (nSPS) is 17.6. The number of Topliss-reactive ketones (excluding diaryl/α,β-unsaturated/α-hetero) is 1. The van der Waals surface area contributed by atoms with E-state index in [1.165, 1.54) is 22.7 Å². The second-order valence-electron chi connectivity index (χ2n) is 9.71. The minimum atomic E-state index is -3.66. The number of rotatable bonds is 8. The van der Waals surface area contributed by atoms with E-state index in [2.05, 4.69) is 9.89 Å². The molecular formula is C28H30ClN3O4S3. The Morgan fingerprint density at radius 3 is 2.69 bits per heavy atom. The van der Waals surface area contributed by atoms with Crippen LogP contribution in [0.3, 0.4) is 0 Å². The SMILES string of the molecule is CN=c1sc(N2CCCCC2C(=O)CCS(=O)(=O)c2ccc3cc(Cl)ccc3c2)c(C(O)c2ccsc2)n1C. The first-order valence-corrected chi connectivity index (χ1v) is 16.5. The Morgan fingerprint density at radius 2 is 1.95 bits per heavy atom. The molecule has 0 spiro atoms. The van der Waals surface area contributed by atoms with Gasteiger partial charge in [0.1, 0.15) is 11.1 Å². The average molecular weight is 604 g/mol. The van der Waals surface area contributed by atoms with Crippen LogP contribution in [0.2, 0.25) is 5.02 Å². The Bertz CT molecular complexity index is 1680. The molecule has 5 rings (SSSR count). The van der Waals surface area contributed by atoms with E-state index >= 15 is 0 Å². The lowest BCUT2D eigenvalue weighted by atomic mass is 9.97. The van der Waals surface area contributed by atoms with Gasteiger partial charge < -0.3 is 14.6 Å². The van der Waals surface area contributed by atoms with Gasteiger partial charge in [-0.1, -0.05) is 35.1 Å². The summed E-state index contributed by atoms with van der Waals surface area (Å²) < 4.78 is 28.3. The zero-order valence-corrected chi connectivity index (χ0v) is 24.9. The fraction of sp³-hybridized carbons (Fsp3) is 0.357. The quantitative estimate of drug-likeness (QED) is 0.293. The first-order chi connectivity index (χ1) is 18.7. The number of sulfone groups is 1. The molecule has 1 N–H and O–H groups in total. The number of carbonyl (C=O) groups excluding carboxylic acids is 1. The minimum absolute atomic E-state index is 0.0763. The molecular weight excluding hydrogens is 574 g/mol. The molecule has 1 fully saturated rings. The van der Waals surface area contributed by atoms with Gasteiger partial charge in [0, 0.05) is 32.1 Å². The summed E-state index contributed by atoms with van der Waals surface area (Å²) in [7, 11) is -0.0803. The van der Waals surface area contributed by atoms with Crippen molar-refractivity contribution in [2.24, 2.45) is 12.0 Å². The maximum Gasteiger partial charge on any atom is 0.186 e. The number of halogens is 1. The fourth-order valence-electron chi connectivity index (χ4n) is 5.16. The van der Waals surface area contributed by atoms with E-state index in [0.29, 0.717) is 23.7 Å². The van der Waals surface area contributed by atoms with Gasteiger partial charge in [0.05, 0.1) is 22.4 Å². The van der Waals surface area contributed by atoms with Crippen LogP contribution in [0.15, 0.2) is 63.1 Å². The Balaban J connectivity index is 1.39. The largest absolute Gasteiger partial charge is 0.382 e. The van der Waals surface area contributed by atoms with Crippen molar-refractivity contribution in [3.05, 3.63) is 74.3 Å². The van der Waals surface area contributed by atoms with E-state index < -0.39 is 22.0 Å². The van der Waals surface area contributed by atoms with E-state index in [1.807, 2.05) is 28.4 Å². The highest BCUT2D eigenvalue weighted by molar-refractivity contribution is 7.91. The molecule has 0 bridgehead atoms. The number of anilines is 1. The van der Waals surface area contributed by atoms with Crippen LogP contribution in [0.25, 0.3) is 10.8 Å². The summed E-state index contributed by atoms with van der Waals surface area (Å²) in [4.78, 5) is 21.0. The number of aliphatic hydroxyl groups is 1. The summed E-state index contributed by atoms with van der Waals surface area (Å²) in [5, 5.41) is 18.2. The number of nitrogens with zero attached hydrogens (tertiary/aromatic N) is 3. The third-order valence-corrected chi connectivity index (χ3v) is 11.2. The van der Waals surface area contributed by atoms with Crippen LogP contribution in [0.1, 0.15) is 43.0 Å². The molecule has 39 heavy (non-hydrogen) atoms. The van der Waals surface area contributed by atoms with Gasteiger partial charge in [0.25, 0.3) is 0 Å². The summed E-state index contributed by atoms with van der Waals surface area (Å²) in [5.41, 5.74) is 1.49. The van der Waals surface area contributed by atoms with E-state index in [4.69, 9.17) is 11.6 Å². The Kier molecular flexibility index (Phi) is 8.30. The van der Waals surface area contributed by atoms with Crippen molar-refractivity contribution in [2.45, 2.75) is 42.7 Å². The van der Waals surface area contributed by atoms with Crippen LogP contribution >= 0.6 is 34.3 Å². The summed E-state index contributed by atoms with van der Waals surface area (Å²) >= 11 is 9.02. The highest BCUT2D eigenvalue weighted by atomic mass is 35.5. The second kappa shape index (κ2) is 11.5. The lowest BCUT2D eigenvalue weighted by molar-refractivity contribution is -0.120. The van der Waals surface area contributed by atoms with E-state index in [9.17, 15) is 18.3 Å². The zero-order valence-electron chi connectivity index (χ0n) is 21.7. The van der Waals surface area contributed by atoms with Crippen molar-refractivity contribution in [3.63, 3.8) is 0 Å². The molecule has 1 aliphatic rings. The van der Waals surface area contributed by atoms with Crippen LogP contribution in [0.4, 0.5) is 5.00 Å². The maximum absolute atomic E-state index is 13.6. The van der Waals surface area contributed by atoms with Gasteiger partial charge in [0.2, 0.25) is 0 Å². The maximum atomic E-state index is 13.6. The topological polar surface area (TPSA) is 92.0 Å². The molecule has 206 valence electrons. The standard InChI is InChI=1S/C28H30ClN3O4S3/c1-30-28-31(2)25(26(34)20-10-13-37-17-20)27(38-28)32-12-4-3-5-23(32)24(33)11-14-39(35,36)22-9-7-18-15-21(29)8-6-19(18)16-22/h6-10,13,15-17,23,26,34H,3-5,11-12,14H2,1-2H3. The highest BCUT2D eigenvalue weighted by Gasteiger charge is 2.34. The van der Waals surface area contributed by atoms with Crippen molar-refractivity contribution in [1.29, 1.82) is 0 Å². The smallest absolute Gasteiger partial charge is 0.186 e. The van der Waals surface area contributed by atoms with Gasteiger partial charge in [0.15, 0.2) is 20.4 Å². The summed E-state index contributed by atoms with van der Waals surface area (Å²) in [6.07, 6.45) is 1.51. The van der Waals surface area contributed by atoms with Crippen LogP contribution in [-0.2, 0) is 21.7 Å². The number of carbonyl (C=O) groups is 1. The molecule has 0 saturated carbocycles. The van der Waals surface area contributed by atoms with Gasteiger partial charge in [-0.3, -0.25) is 9.79 Å². The molecule has 2 unspecified atom stereocenters. The lowest BCUT2D eigenvalue weighted by Crippen LogP contribution is -2.45. The number of ketones is 1. The van der Waals surface area contributed by atoms with Crippen LogP contribution in [0, 0.1) is 0 Å². The summed E-state index contributed by atoms with van der Waals surface area (Å²) in [5.74, 6) is -0.360. The number of thiazole rings is 1. The number of benzene rings is 2. The van der Waals surface area contributed by atoms with Gasteiger partial charge in [-0.25, -0.2) is 8.42 Å². The molecule has 11 heteroatoms. The van der Waals surface area contributed by atoms with Crippen LogP contribution in [-0.4, -0.2) is 49.3 Å². The Labute approximate surface area is 240 Å². The molecule has 1 aliphatic heterocycles. The molecule has 1 saturated heterocycles. The van der Waals surface area contributed by atoms with Gasteiger partial charge in [-0.2, -0.15) is 11.3 Å². The molecule has 3 heterocycles. The fourth-order valence-corrected chi connectivity index (χ4v) is 8.50. The van der Waals surface area contributed by atoms with Crippen molar-refractivity contribution < 1.29 is 18.3 Å². The van der Waals surface area contributed by atoms with Crippen molar-refractivity contribution in [3.8, 4) is 0 Å². The van der Waals surface area contributed by atoms with E-state index in [1.54, 1.807) is 43.4 Å². The lowest BCUT2D eigenvalue weighted by Gasteiger charge is -2.36. The average Bonchev–Trinajstić information content (AvgIpc) is 3.59. The van der Waals surface area contributed by atoms with Crippen molar-refractivity contribution in [1.82, 2.24) is 4.57 Å². The third kappa shape index (κ3) is 5.71. The van der Waals surface area contributed by atoms with E-state index in [0.717, 1.165) is 39.0 Å². The number of hydrogen-bond donors (Lipinski definition) is 1. The van der Waals surface area contributed by atoms with Gasteiger partial charge in [-0.05, 0) is 76.7 Å². The number of thiophene rings is 1. The van der Waals surface area contributed by atoms with E-state index in [-0.39, 0.29) is 22.9 Å². The van der Waals surface area contributed by atoms with Crippen molar-refractivity contribution >= 4 is 65.7 Å². The predicted octanol–water partition coefficient (Wildman–Crippen LogP) is 5.36. The van der Waals surface area contributed by atoms with Gasteiger partial charge in [-0.15, -0.1) is 0 Å². The number of fused-ring (bicyclic) bond motifs is 1. The molecule has 0 aliphatic carbocycles. The molecule has 7 nitrogen and oxygen atoms in total. The predicted molar refractivity (Wildman–Crippen MR) is 159 cm³/mol. The molecule has 2 atom stereocenters. The second-order valence-corrected chi connectivity index (χ2v) is 14.0. The first kappa shape index (κ1) is 28.0. The zero-order chi connectivity index (χ0) is 27.7. The molecule has 4 aromatic rings.